The Balaban J connectivity index is 1.72. The van der Waals surface area contributed by atoms with Gasteiger partial charge in [-0.15, -0.1) is 22.7 Å². The SMILES string of the molecule is CNC(=O)c1sccc1Nc1nc(Nc2cc(OC)c(OC)c(OC)c2)nc2ccsc12. The molecule has 32 heavy (non-hydrogen) atoms. The predicted molar refractivity (Wildman–Crippen MR) is 128 cm³/mol. The Kier molecular flexibility index (Phi) is 6.28. The fourth-order valence-corrected chi connectivity index (χ4v) is 4.68. The number of anilines is 4. The van der Waals surface area contributed by atoms with E-state index in [1.165, 1.54) is 22.7 Å². The molecule has 0 unspecified atom stereocenters. The Labute approximate surface area is 192 Å². The molecular formula is C21H21N5O4S2. The van der Waals surface area contributed by atoms with Crippen LogP contribution in [0.15, 0.2) is 35.0 Å². The molecule has 4 aromatic rings. The molecule has 11 heteroatoms. The zero-order valence-electron chi connectivity index (χ0n) is 17.8. The summed E-state index contributed by atoms with van der Waals surface area (Å²) in [6.45, 7) is 0. The van der Waals surface area contributed by atoms with Gasteiger partial charge in [0.15, 0.2) is 17.3 Å². The second-order valence-electron chi connectivity index (χ2n) is 6.44. The smallest absolute Gasteiger partial charge is 0.263 e. The molecule has 1 aromatic carbocycles. The van der Waals surface area contributed by atoms with Gasteiger partial charge in [0.05, 0.1) is 37.2 Å². The number of thiophene rings is 2. The first-order valence-electron chi connectivity index (χ1n) is 9.46. The standard InChI is InChI=1S/C21H21N5O4S2/c1-22-20(27)18-13(6-8-32-18)24-19-17-12(5-7-31-17)25-21(26-19)23-11-9-14(28-2)16(30-4)15(10-11)29-3/h5-10H,1-4H3,(H,22,27)(H2,23,24,25,26). The Morgan fingerprint density at radius 3 is 2.31 bits per heavy atom. The van der Waals surface area contributed by atoms with Gasteiger partial charge in [-0.2, -0.15) is 4.98 Å². The van der Waals surface area contributed by atoms with Gasteiger partial charge in [-0.3, -0.25) is 4.79 Å². The highest BCUT2D eigenvalue weighted by Crippen LogP contribution is 2.41. The quantitative estimate of drug-likeness (QED) is 0.342. The van der Waals surface area contributed by atoms with Gasteiger partial charge in [-0.25, -0.2) is 4.98 Å². The summed E-state index contributed by atoms with van der Waals surface area (Å²) in [6.07, 6.45) is 0. The van der Waals surface area contributed by atoms with Crippen LogP contribution in [-0.2, 0) is 0 Å². The highest BCUT2D eigenvalue weighted by atomic mass is 32.1. The van der Waals surface area contributed by atoms with Crippen molar-refractivity contribution in [2.24, 2.45) is 0 Å². The summed E-state index contributed by atoms with van der Waals surface area (Å²) < 4.78 is 17.1. The van der Waals surface area contributed by atoms with Crippen molar-refractivity contribution in [1.29, 1.82) is 0 Å². The number of aromatic nitrogens is 2. The van der Waals surface area contributed by atoms with E-state index in [9.17, 15) is 4.79 Å². The van der Waals surface area contributed by atoms with E-state index in [0.29, 0.717) is 45.3 Å². The summed E-state index contributed by atoms with van der Waals surface area (Å²) >= 11 is 2.88. The van der Waals surface area contributed by atoms with Crippen molar-refractivity contribution in [3.8, 4) is 17.2 Å². The second-order valence-corrected chi connectivity index (χ2v) is 8.27. The summed E-state index contributed by atoms with van der Waals surface area (Å²) in [7, 11) is 6.27. The van der Waals surface area contributed by atoms with Crippen molar-refractivity contribution in [3.63, 3.8) is 0 Å². The number of carbonyl (C=O) groups excluding carboxylic acids is 1. The number of fused-ring (bicyclic) bond motifs is 1. The van der Waals surface area contributed by atoms with E-state index in [4.69, 9.17) is 14.2 Å². The lowest BCUT2D eigenvalue weighted by molar-refractivity contribution is 0.0968. The van der Waals surface area contributed by atoms with Gasteiger partial charge in [0.1, 0.15) is 4.88 Å². The number of hydrogen-bond acceptors (Lipinski definition) is 10. The molecule has 1 amide bonds. The van der Waals surface area contributed by atoms with Crippen molar-refractivity contribution >= 4 is 61.9 Å². The first-order chi connectivity index (χ1) is 15.6. The van der Waals surface area contributed by atoms with Gasteiger partial charge in [0.25, 0.3) is 5.91 Å². The van der Waals surface area contributed by atoms with Crippen LogP contribution in [-0.4, -0.2) is 44.3 Å². The van der Waals surface area contributed by atoms with Crippen LogP contribution >= 0.6 is 22.7 Å². The number of amides is 1. The first kappa shape index (κ1) is 21.7. The number of ether oxygens (including phenoxy) is 3. The van der Waals surface area contributed by atoms with E-state index < -0.39 is 0 Å². The number of nitrogens with one attached hydrogen (secondary N) is 3. The fraction of sp³-hybridized carbons (Fsp3) is 0.190. The van der Waals surface area contributed by atoms with Gasteiger partial charge < -0.3 is 30.2 Å². The molecule has 0 aliphatic rings. The molecule has 9 nitrogen and oxygen atoms in total. The zero-order valence-corrected chi connectivity index (χ0v) is 19.4. The molecule has 0 atom stereocenters. The highest BCUT2D eigenvalue weighted by Gasteiger charge is 2.17. The molecule has 3 aromatic heterocycles. The molecule has 4 rings (SSSR count). The summed E-state index contributed by atoms with van der Waals surface area (Å²) in [5.74, 6) is 2.34. The van der Waals surface area contributed by atoms with Gasteiger partial charge >= 0.3 is 0 Å². The molecule has 0 bridgehead atoms. The van der Waals surface area contributed by atoms with Crippen LogP contribution in [0.3, 0.4) is 0 Å². The lowest BCUT2D eigenvalue weighted by atomic mass is 10.2. The van der Waals surface area contributed by atoms with Crippen LogP contribution in [0.2, 0.25) is 0 Å². The monoisotopic (exact) mass is 471 g/mol. The maximum Gasteiger partial charge on any atom is 0.263 e. The molecule has 0 aliphatic heterocycles. The average molecular weight is 472 g/mol. The predicted octanol–water partition coefficient (Wildman–Crippen LogP) is 4.63. The summed E-state index contributed by atoms with van der Waals surface area (Å²) in [4.78, 5) is 22.0. The minimum atomic E-state index is -0.158. The van der Waals surface area contributed by atoms with E-state index in [1.807, 2.05) is 22.9 Å². The van der Waals surface area contributed by atoms with Crippen molar-refractivity contribution in [2.45, 2.75) is 0 Å². The third kappa shape index (κ3) is 4.12. The van der Waals surface area contributed by atoms with Gasteiger partial charge in [0, 0.05) is 24.9 Å². The van der Waals surface area contributed by atoms with Crippen LogP contribution in [0.25, 0.3) is 10.2 Å². The molecule has 0 saturated heterocycles. The van der Waals surface area contributed by atoms with Crippen molar-refractivity contribution in [1.82, 2.24) is 15.3 Å². The number of benzene rings is 1. The number of rotatable bonds is 8. The van der Waals surface area contributed by atoms with Crippen molar-refractivity contribution in [2.75, 3.05) is 39.0 Å². The average Bonchev–Trinajstić information content (AvgIpc) is 3.47. The van der Waals surface area contributed by atoms with E-state index >= 15 is 0 Å². The van der Waals surface area contributed by atoms with E-state index in [-0.39, 0.29) is 5.91 Å². The normalized spacial score (nSPS) is 10.6. The van der Waals surface area contributed by atoms with Gasteiger partial charge in [-0.05, 0) is 22.9 Å². The Morgan fingerprint density at radius 1 is 0.938 bits per heavy atom. The number of methoxy groups -OCH3 is 3. The molecular weight excluding hydrogens is 450 g/mol. The Morgan fingerprint density at radius 2 is 1.66 bits per heavy atom. The lowest BCUT2D eigenvalue weighted by Gasteiger charge is -2.15. The molecule has 0 spiro atoms. The molecule has 0 aliphatic carbocycles. The molecule has 3 heterocycles. The minimum Gasteiger partial charge on any atom is -0.493 e. The number of carbonyl (C=O) groups is 1. The van der Waals surface area contributed by atoms with Crippen molar-refractivity contribution < 1.29 is 19.0 Å². The summed E-state index contributed by atoms with van der Waals surface area (Å²) in [5.41, 5.74) is 2.13. The third-order valence-electron chi connectivity index (χ3n) is 4.58. The van der Waals surface area contributed by atoms with Crippen LogP contribution in [0.5, 0.6) is 17.2 Å². The minimum absolute atomic E-state index is 0.158. The van der Waals surface area contributed by atoms with Crippen molar-refractivity contribution in [3.05, 3.63) is 39.9 Å². The molecule has 166 valence electrons. The molecule has 0 saturated carbocycles. The number of hydrogen-bond donors (Lipinski definition) is 3. The molecule has 3 N–H and O–H groups in total. The Hall–Kier alpha value is -3.57. The summed E-state index contributed by atoms with van der Waals surface area (Å²) in [6, 6.07) is 7.32. The van der Waals surface area contributed by atoms with Crippen LogP contribution < -0.4 is 30.2 Å². The first-order valence-corrected chi connectivity index (χ1v) is 11.2. The highest BCUT2D eigenvalue weighted by molar-refractivity contribution is 7.17. The molecule has 0 fully saturated rings. The van der Waals surface area contributed by atoms with E-state index in [0.717, 1.165) is 10.2 Å². The maximum atomic E-state index is 12.2. The van der Waals surface area contributed by atoms with Crippen LogP contribution in [0.1, 0.15) is 9.67 Å². The number of nitrogens with zero attached hydrogens (tertiary/aromatic N) is 2. The topological polar surface area (TPSA) is 107 Å². The van der Waals surface area contributed by atoms with Gasteiger partial charge in [-0.1, -0.05) is 0 Å². The van der Waals surface area contributed by atoms with Crippen LogP contribution in [0.4, 0.5) is 23.1 Å². The third-order valence-corrected chi connectivity index (χ3v) is 6.40. The summed E-state index contributed by atoms with van der Waals surface area (Å²) in [5, 5.41) is 12.9. The fourth-order valence-electron chi connectivity index (χ4n) is 3.11. The maximum absolute atomic E-state index is 12.2. The lowest BCUT2D eigenvalue weighted by Crippen LogP contribution is -2.17. The van der Waals surface area contributed by atoms with Crippen LogP contribution in [0, 0.1) is 0 Å². The second kappa shape index (κ2) is 9.28. The van der Waals surface area contributed by atoms with E-state index in [2.05, 4.69) is 25.9 Å². The Bertz CT molecular complexity index is 1250. The van der Waals surface area contributed by atoms with E-state index in [1.54, 1.807) is 40.5 Å². The van der Waals surface area contributed by atoms with Gasteiger partial charge in [0.2, 0.25) is 11.7 Å². The largest absolute Gasteiger partial charge is 0.493 e. The zero-order chi connectivity index (χ0) is 22.7. The molecule has 0 radical (unpaired) electrons.